The Kier molecular flexibility index (Phi) is 3.82. The Bertz CT molecular complexity index is 539. The van der Waals surface area contributed by atoms with Crippen molar-refractivity contribution in [2.45, 2.75) is 12.8 Å². The van der Waals surface area contributed by atoms with Gasteiger partial charge in [-0.2, -0.15) is 5.26 Å². The van der Waals surface area contributed by atoms with Gasteiger partial charge in [0.2, 0.25) is 0 Å². The van der Waals surface area contributed by atoms with E-state index in [0.717, 1.165) is 29.9 Å². The predicted octanol–water partition coefficient (Wildman–Crippen LogP) is 1.71. The molecule has 4 N–H and O–H groups in total. The average molecular weight is 241 g/mol. The number of nitrogens with two attached hydrogens (primary N) is 1. The fraction of sp³-hybridized carbons (Fsp3) is 0.231. The molecule has 1 aromatic heterocycles. The van der Waals surface area contributed by atoms with Crippen molar-refractivity contribution in [1.29, 1.82) is 5.26 Å². The van der Waals surface area contributed by atoms with Gasteiger partial charge >= 0.3 is 0 Å². The van der Waals surface area contributed by atoms with Crippen molar-refractivity contribution in [2.24, 2.45) is 0 Å². The third-order valence-corrected chi connectivity index (χ3v) is 2.69. The topological polar surface area (TPSA) is 90.5 Å². The zero-order valence-corrected chi connectivity index (χ0v) is 9.98. The van der Waals surface area contributed by atoms with Gasteiger partial charge in [-0.3, -0.25) is 0 Å². The van der Waals surface area contributed by atoms with Crippen molar-refractivity contribution in [2.75, 3.05) is 17.6 Å². The van der Waals surface area contributed by atoms with E-state index in [2.05, 4.69) is 21.4 Å². The Balaban J connectivity index is 1.93. The van der Waals surface area contributed by atoms with Crippen molar-refractivity contribution in [3.63, 3.8) is 0 Å². The Hall–Kier alpha value is -2.48. The molecular formula is C13H15N5. The second kappa shape index (κ2) is 5.73. The highest BCUT2D eigenvalue weighted by Gasteiger charge is 2.01. The lowest BCUT2D eigenvalue weighted by molar-refractivity contribution is 0.976. The Morgan fingerprint density at radius 3 is 3.06 bits per heavy atom. The van der Waals surface area contributed by atoms with E-state index in [1.165, 1.54) is 0 Å². The molecule has 0 radical (unpaired) electrons. The number of nitrogen functional groups attached to an aromatic ring is 1. The fourth-order valence-electron chi connectivity index (χ4n) is 1.72. The summed E-state index contributed by atoms with van der Waals surface area (Å²) in [5.41, 5.74) is 9.39. The van der Waals surface area contributed by atoms with Crippen LogP contribution in [-0.4, -0.2) is 16.5 Å². The van der Waals surface area contributed by atoms with Crippen LogP contribution in [0.25, 0.3) is 0 Å². The summed E-state index contributed by atoms with van der Waals surface area (Å²) in [5.74, 6) is 0. The van der Waals surface area contributed by atoms with Gasteiger partial charge in [0, 0.05) is 36.2 Å². The van der Waals surface area contributed by atoms with E-state index in [1.54, 1.807) is 6.33 Å². The molecule has 5 nitrogen and oxygen atoms in total. The Morgan fingerprint density at radius 2 is 2.33 bits per heavy atom. The summed E-state index contributed by atoms with van der Waals surface area (Å²) in [6.07, 6.45) is 4.69. The van der Waals surface area contributed by atoms with Crippen molar-refractivity contribution in [1.82, 2.24) is 9.97 Å². The van der Waals surface area contributed by atoms with Gasteiger partial charge in [0.1, 0.15) is 0 Å². The van der Waals surface area contributed by atoms with Crippen LogP contribution in [0.1, 0.15) is 11.3 Å². The third kappa shape index (κ3) is 3.01. The number of aromatic nitrogens is 2. The second-order valence-corrected chi connectivity index (χ2v) is 4.00. The number of nitrogens with zero attached hydrogens (tertiary/aromatic N) is 2. The molecule has 0 aliphatic rings. The molecule has 5 heteroatoms. The van der Waals surface area contributed by atoms with Crippen LogP contribution in [0.15, 0.2) is 30.7 Å². The smallest absolute Gasteiger partial charge is 0.0921 e. The molecule has 0 fully saturated rings. The van der Waals surface area contributed by atoms with Crippen molar-refractivity contribution >= 4 is 11.4 Å². The summed E-state index contributed by atoms with van der Waals surface area (Å²) in [7, 11) is 0. The van der Waals surface area contributed by atoms with Crippen LogP contribution in [0.5, 0.6) is 0 Å². The standard InChI is InChI=1S/C13H15N5/c14-5-3-10-7-11(1-2-13(10)15)17-6-4-12-8-16-9-18-12/h1-2,7-9,17H,3-4,6,15H2,(H,16,18). The molecule has 0 amide bonds. The summed E-state index contributed by atoms with van der Waals surface area (Å²) in [5, 5.41) is 12.0. The van der Waals surface area contributed by atoms with E-state index >= 15 is 0 Å². The van der Waals surface area contributed by atoms with E-state index in [4.69, 9.17) is 11.0 Å². The number of H-pyrrole nitrogens is 1. The third-order valence-electron chi connectivity index (χ3n) is 2.69. The number of hydrogen-bond acceptors (Lipinski definition) is 4. The molecule has 92 valence electrons. The van der Waals surface area contributed by atoms with Crippen molar-refractivity contribution in [3.8, 4) is 6.07 Å². The summed E-state index contributed by atoms with van der Waals surface area (Å²) in [6, 6.07) is 7.78. The molecule has 0 spiro atoms. The van der Waals surface area contributed by atoms with Crippen LogP contribution in [0.2, 0.25) is 0 Å². The first kappa shape index (κ1) is 12.0. The molecule has 18 heavy (non-hydrogen) atoms. The molecular weight excluding hydrogens is 226 g/mol. The number of benzene rings is 1. The van der Waals surface area contributed by atoms with E-state index < -0.39 is 0 Å². The summed E-state index contributed by atoms with van der Waals surface area (Å²) < 4.78 is 0. The highest BCUT2D eigenvalue weighted by molar-refractivity contribution is 5.58. The van der Waals surface area contributed by atoms with Gasteiger partial charge in [-0.15, -0.1) is 0 Å². The number of nitriles is 1. The van der Waals surface area contributed by atoms with Crippen LogP contribution in [-0.2, 0) is 12.8 Å². The van der Waals surface area contributed by atoms with Crippen LogP contribution >= 0.6 is 0 Å². The molecule has 1 heterocycles. The predicted molar refractivity (Wildman–Crippen MR) is 71.0 cm³/mol. The molecule has 0 bridgehead atoms. The van der Waals surface area contributed by atoms with Crippen LogP contribution in [0, 0.1) is 11.3 Å². The summed E-state index contributed by atoms with van der Waals surface area (Å²) in [6.45, 7) is 0.804. The van der Waals surface area contributed by atoms with Crippen LogP contribution < -0.4 is 11.1 Å². The average Bonchev–Trinajstić information content (AvgIpc) is 2.87. The molecule has 2 aromatic rings. The lowest BCUT2D eigenvalue weighted by Gasteiger charge is -2.08. The number of hydrogen-bond donors (Lipinski definition) is 3. The summed E-state index contributed by atoms with van der Waals surface area (Å²) >= 11 is 0. The number of anilines is 2. The van der Waals surface area contributed by atoms with Gasteiger partial charge in [-0.25, -0.2) is 4.98 Å². The van der Waals surface area contributed by atoms with Crippen molar-refractivity contribution < 1.29 is 0 Å². The molecule has 0 saturated heterocycles. The lowest BCUT2D eigenvalue weighted by atomic mass is 10.1. The Morgan fingerprint density at radius 1 is 1.44 bits per heavy atom. The number of rotatable bonds is 5. The molecule has 0 unspecified atom stereocenters. The minimum Gasteiger partial charge on any atom is -0.398 e. The Labute approximate surface area is 106 Å². The molecule has 0 aliphatic carbocycles. The van der Waals surface area contributed by atoms with Gasteiger partial charge < -0.3 is 16.0 Å². The minimum absolute atomic E-state index is 0.335. The van der Waals surface area contributed by atoms with Crippen LogP contribution in [0.3, 0.4) is 0 Å². The van der Waals surface area contributed by atoms with Gasteiger partial charge in [0.15, 0.2) is 0 Å². The van der Waals surface area contributed by atoms with Gasteiger partial charge in [-0.1, -0.05) is 0 Å². The normalized spacial score (nSPS) is 9.94. The minimum atomic E-state index is 0.335. The van der Waals surface area contributed by atoms with Gasteiger partial charge in [0.05, 0.1) is 18.8 Å². The maximum Gasteiger partial charge on any atom is 0.0921 e. The largest absolute Gasteiger partial charge is 0.398 e. The van der Waals surface area contributed by atoms with E-state index in [-0.39, 0.29) is 0 Å². The monoisotopic (exact) mass is 241 g/mol. The molecule has 2 rings (SSSR count). The number of imidazole rings is 1. The van der Waals surface area contributed by atoms with Gasteiger partial charge in [-0.05, 0) is 23.8 Å². The highest BCUT2D eigenvalue weighted by Crippen LogP contribution is 2.18. The first-order valence-electron chi connectivity index (χ1n) is 5.76. The zero-order valence-electron chi connectivity index (χ0n) is 9.98. The van der Waals surface area contributed by atoms with Crippen LogP contribution in [0.4, 0.5) is 11.4 Å². The lowest BCUT2D eigenvalue weighted by Crippen LogP contribution is -2.06. The summed E-state index contributed by atoms with van der Waals surface area (Å²) in [4.78, 5) is 7.01. The first-order chi connectivity index (χ1) is 8.79. The van der Waals surface area contributed by atoms with Crippen molar-refractivity contribution in [3.05, 3.63) is 42.0 Å². The molecule has 0 aliphatic heterocycles. The SMILES string of the molecule is N#CCc1cc(NCCc2cnc[nH]2)ccc1N. The molecule has 1 aromatic carbocycles. The fourth-order valence-corrected chi connectivity index (χ4v) is 1.72. The number of aromatic amines is 1. The quantitative estimate of drug-likeness (QED) is 0.695. The maximum atomic E-state index is 8.70. The number of nitrogens with one attached hydrogen (secondary N) is 2. The highest BCUT2D eigenvalue weighted by atomic mass is 14.9. The maximum absolute atomic E-state index is 8.70. The van der Waals surface area contributed by atoms with E-state index in [9.17, 15) is 0 Å². The first-order valence-corrected chi connectivity index (χ1v) is 5.76. The molecule has 0 atom stereocenters. The zero-order chi connectivity index (χ0) is 12.8. The molecule has 0 saturated carbocycles. The second-order valence-electron chi connectivity index (χ2n) is 4.00. The van der Waals surface area contributed by atoms with Gasteiger partial charge in [0.25, 0.3) is 0 Å². The van der Waals surface area contributed by atoms with E-state index in [1.807, 2.05) is 24.4 Å². The van der Waals surface area contributed by atoms with E-state index in [0.29, 0.717) is 12.1 Å².